The van der Waals surface area contributed by atoms with E-state index in [4.69, 9.17) is 5.73 Å². The highest BCUT2D eigenvalue weighted by Gasteiger charge is 2.24. The number of anilines is 1. The Morgan fingerprint density at radius 3 is 3.10 bits per heavy atom. The number of aromatic nitrogens is 4. The summed E-state index contributed by atoms with van der Waals surface area (Å²) in [4.78, 5) is 26.3. The van der Waals surface area contributed by atoms with Crippen molar-refractivity contribution in [1.82, 2.24) is 19.5 Å². The average Bonchev–Trinajstić information content (AvgIpc) is 2.80. The number of primary amides is 1. The minimum atomic E-state index is -0.234. The molecular formula is C13H18N6O. The molecule has 1 aliphatic rings. The number of piperidine rings is 1. The third-order valence-corrected chi connectivity index (χ3v) is 3.79. The van der Waals surface area contributed by atoms with E-state index in [-0.39, 0.29) is 5.91 Å². The summed E-state index contributed by atoms with van der Waals surface area (Å²) in [6.45, 7) is 1.73. The zero-order valence-electron chi connectivity index (χ0n) is 11.5. The molecule has 0 bridgehead atoms. The normalized spacial score (nSPS) is 19.4. The number of amides is 1. The summed E-state index contributed by atoms with van der Waals surface area (Å²) < 4.78 is 1.88. The first-order valence-electron chi connectivity index (χ1n) is 6.80. The molecule has 0 aliphatic carbocycles. The molecular weight excluding hydrogens is 256 g/mol. The van der Waals surface area contributed by atoms with Gasteiger partial charge in [-0.2, -0.15) is 0 Å². The second-order valence-corrected chi connectivity index (χ2v) is 5.35. The Labute approximate surface area is 116 Å². The van der Waals surface area contributed by atoms with Gasteiger partial charge in [-0.3, -0.25) is 4.79 Å². The van der Waals surface area contributed by atoms with Crippen LogP contribution in [0.5, 0.6) is 0 Å². The Balaban J connectivity index is 1.88. The lowest BCUT2D eigenvalue weighted by Crippen LogP contribution is -2.37. The molecule has 0 radical (unpaired) electrons. The lowest BCUT2D eigenvalue weighted by atomic mass is 9.94. The Hall–Kier alpha value is -2.18. The van der Waals surface area contributed by atoms with Gasteiger partial charge in [0.15, 0.2) is 17.0 Å². The molecule has 1 aliphatic heterocycles. The molecule has 3 heterocycles. The fourth-order valence-corrected chi connectivity index (χ4v) is 2.87. The van der Waals surface area contributed by atoms with Crippen molar-refractivity contribution in [2.24, 2.45) is 18.7 Å². The highest BCUT2D eigenvalue weighted by atomic mass is 16.1. The molecule has 1 atom stereocenters. The van der Waals surface area contributed by atoms with Crippen LogP contribution in [-0.2, 0) is 11.8 Å². The number of carbonyl (C=O) groups excluding carboxylic acids is 1. The summed E-state index contributed by atoms with van der Waals surface area (Å²) in [6, 6.07) is 0. The average molecular weight is 274 g/mol. The summed E-state index contributed by atoms with van der Waals surface area (Å²) in [5.74, 6) is 0.919. The monoisotopic (exact) mass is 274 g/mol. The maximum absolute atomic E-state index is 11.1. The Morgan fingerprint density at radius 1 is 1.45 bits per heavy atom. The zero-order valence-corrected chi connectivity index (χ0v) is 11.5. The largest absolute Gasteiger partial charge is 0.370 e. The van der Waals surface area contributed by atoms with Gasteiger partial charge in [0.05, 0.1) is 6.33 Å². The van der Waals surface area contributed by atoms with E-state index >= 15 is 0 Å². The summed E-state index contributed by atoms with van der Waals surface area (Å²) in [5.41, 5.74) is 6.94. The third-order valence-electron chi connectivity index (χ3n) is 3.79. The number of rotatable bonds is 3. The molecule has 2 N–H and O–H groups in total. The molecule has 2 aromatic heterocycles. The first kappa shape index (κ1) is 12.8. The smallest absolute Gasteiger partial charge is 0.217 e. The van der Waals surface area contributed by atoms with Gasteiger partial charge in [-0.15, -0.1) is 0 Å². The molecule has 0 aromatic carbocycles. The number of hydrogen-bond donors (Lipinski definition) is 1. The lowest BCUT2D eigenvalue weighted by Gasteiger charge is -2.33. The van der Waals surface area contributed by atoms with E-state index in [1.54, 1.807) is 12.7 Å². The molecule has 7 heteroatoms. The Morgan fingerprint density at radius 2 is 2.30 bits per heavy atom. The molecule has 0 saturated carbocycles. The van der Waals surface area contributed by atoms with Crippen LogP contribution >= 0.6 is 0 Å². The number of hydrogen-bond acceptors (Lipinski definition) is 5. The summed E-state index contributed by atoms with van der Waals surface area (Å²) in [7, 11) is 1.91. The van der Waals surface area contributed by atoms with Gasteiger partial charge in [0.25, 0.3) is 0 Å². The van der Waals surface area contributed by atoms with Crippen LogP contribution in [0.4, 0.5) is 5.82 Å². The first-order chi connectivity index (χ1) is 9.65. The molecule has 2 aromatic rings. The lowest BCUT2D eigenvalue weighted by molar-refractivity contribution is -0.118. The summed E-state index contributed by atoms with van der Waals surface area (Å²) in [6.07, 6.45) is 5.82. The minimum absolute atomic E-state index is 0.234. The van der Waals surface area contributed by atoms with Gasteiger partial charge < -0.3 is 15.2 Å². The van der Waals surface area contributed by atoms with E-state index in [0.717, 1.165) is 42.9 Å². The highest BCUT2D eigenvalue weighted by Crippen LogP contribution is 2.27. The van der Waals surface area contributed by atoms with Crippen LogP contribution in [0.25, 0.3) is 11.2 Å². The number of nitrogens with two attached hydrogens (primary N) is 1. The number of nitrogens with zero attached hydrogens (tertiary/aromatic N) is 5. The van der Waals surface area contributed by atoms with Crippen LogP contribution in [-0.4, -0.2) is 38.5 Å². The molecule has 1 saturated heterocycles. The maximum Gasteiger partial charge on any atom is 0.217 e. The number of carbonyl (C=O) groups is 1. The van der Waals surface area contributed by atoms with Crippen LogP contribution < -0.4 is 10.6 Å². The van der Waals surface area contributed by atoms with Gasteiger partial charge in [0, 0.05) is 26.6 Å². The van der Waals surface area contributed by atoms with Gasteiger partial charge in [0.1, 0.15) is 6.33 Å². The van der Waals surface area contributed by atoms with Crippen LogP contribution in [0.1, 0.15) is 19.3 Å². The number of fused-ring (bicyclic) bond motifs is 1. The van der Waals surface area contributed by atoms with Crippen molar-refractivity contribution in [2.45, 2.75) is 19.3 Å². The number of aryl methyl sites for hydroxylation is 1. The molecule has 106 valence electrons. The van der Waals surface area contributed by atoms with Crippen molar-refractivity contribution < 1.29 is 4.79 Å². The van der Waals surface area contributed by atoms with Crippen molar-refractivity contribution in [3.05, 3.63) is 12.7 Å². The van der Waals surface area contributed by atoms with E-state index in [9.17, 15) is 4.79 Å². The van der Waals surface area contributed by atoms with E-state index < -0.39 is 0 Å². The molecule has 3 rings (SSSR count). The van der Waals surface area contributed by atoms with Crippen molar-refractivity contribution in [3.63, 3.8) is 0 Å². The zero-order chi connectivity index (χ0) is 14.1. The SMILES string of the molecule is Cn1cnc2c(N3CCCC(CC(N)=O)C3)ncnc21. The molecule has 1 fully saturated rings. The van der Waals surface area contributed by atoms with E-state index in [1.165, 1.54) is 0 Å². The summed E-state index contributed by atoms with van der Waals surface area (Å²) >= 11 is 0. The van der Waals surface area contributed by atoms with E-state index in [2.05, 4.69) is 19.9 Å². The standard InChI is InChI=1S/C13H18N6O/c1-18-8-17-11-12(18)15-7-16-13(11)19-4-2-3-9(6-19)5-10(14)20/h7-9H,2-6H2,1H3,(H2,14,20). The summed E-state index contributed by atoms with van der Waals surface area (Å²) in [5, 5.41) is 0. The Bertz CT molecular complexity index is 637. The van der Waals surface area contributed by atoms with Crippen LogP contribution in [0.15, 0.2) is 12.7 Å². The minimum Gasteiger partial charge on any atom is -0.370 e. The predicted octanol–water partition coefficient (Wildman–Crippen LogP) is 0.455. The van der Waals surface area contributed by atoms with Crippen molar-refractivity contribution >= 4 is 22.9 Å². The second-order valence-electron chi connectivity index (χ2n) is 5.35. The molecule has 1 unspecified atom stereocenters. The van der Waals surface area contributed by atoms with Gasteiger partial charge in [-0.1, -0.05) is 0 Å². The molecule has 0 spiro atoms. The third kappa shape index (κ3) is 2.31. The molecule has 7 nitrogen and oxygen atoms in total. The van der Waals surface area contributed by atoms with Crippen LogP contribution in [0.2, 0.25) is 0 Å². The number of imidazole rings is 1. The first-order valence-corrected chi connectivity index (χ1v) is 6.80. The molecule has 20 heavy (non-hydrogen) atoms. The molecule has 1 amide bonds. The predicted molar refractivity (Wildman–Crippen MR) is 75.1 cm³/mol. The van der Waals surface area contributed by atoms with Gasteiger partial charge >= 0.3 is 0 Å². The van der Waals surface area contributed by atoms with Crippen molar-refractivity contribution in [1.29, 1.82) is 0 Å². The fraction of sp³-hybridized carbons (Fsp3) is 0.538. The maximum atomic E-state index is 11.1. The van der Waals surface area contributed by atoms with Gasteiger partial charge in [0.2, 0.25) is 5.91 Å². The van der Waals surface area contributed by atoms with Gasteiger partial charge in [-0.05, 0) is 18.8 Å². The van der Waals surface area contributed by atoms with Crippen molar-refractivity contribution in [3.8, 4) is 0 Å². The second kappa shape index (κ2) is 5.07. The fourth-order valence-electron chi connectivity index (χ4n) is 2.87. The van der Waals surface area contributed by atoms with Gasteiger partial charge in [-0.25, -0.2) is 15.0 Å². The Kier molecular flexibility index (Phi) is 3.25. The topological polar surface area (TPSA) is 89.9 Å². The van der Waals surface area contributed by atoms with Crippen LogP contribution in [0, 0.1) is 5.92 Å². The van der Waals surface area contributed by atoms with E-state index in [1.807, 2.05) is 11.6 Å². The van der Waals surface area contributed by atoms with Crippen LogP contribution in [0.3, 0.4) is 0 Å². The highest BCUT2D eigenvalue weighted by molar-refractivity contribution is 5.83. The quantitative estimate of drug-likeness (QED) is 0.878. The van der Waals surface area contributed by atoms with Crippen molar-refractivity contribution in [2.75, 3.05) is 18.0 Å². The van der Waals surface area contributed by atoms with E-state index in [0.29, 0.717) is 12.3 Å².